The minimum absolute atomic E-state index is 0. The maximum Gasteiger partial charge on any atom is 0.223 e. The molecule has 28 heavy (non-hydrogen) atoms. The number of amides is 1. The number of carbonyl (C=O) groups is 1. The number of carbonyl (C=O) groups excluding carboxylic acids is 1. The number of likely N-dealkylation sites (N-methyl/N-ethyl adjacent to an activating group) is 1. The number of nitrogens with zero attached hydrogens (tertiary/aromatic N) is 3. The average Bonchev–Trinajstić information content (AvgIpc) is 3.35. The van der Waals surface area contributed by atoms with Crippen molar-refractivity contribution in [3.63, 3.8) is 0 Å². The second-order valence-corrected chi connectivity index (χ2v) is 7.88. The summed E-state index contributed by atoms with van der Waals surface area (Å²) in [6.07, 6.45) is 2.39. The standard InChI is InChI=1S/C21H28N4OS.HI/c1-22-21(24(2)13-11-19-9-6-14-27-19)23-12-5-10-20(26)25-15-17-7-3-4-8-18(17)16-25;/h3-4,6-9,14H,5,10-13,15-16H2,1-2H3,(H,22,23);1H. The first-order valence-electron chi connectivity index (χ1n) is 9.46. The lowest BCUT2D eigenvalue weighted by Gasteiger charge is -2.22. The maximum atomic E-state index is 12.5. The molecule has 1 amide bonds. The number of hydrogen-bond acceptors (Lipinski definition) is 3. The van der Waals surface area contributed by atoms with Crippen molar-refractivity contribution < 1.29 is 4.79 Å². The zero-order chi connectivity index (χ0) is 19.1. The lowest BCUT2D eigenvalue weighted by Crippen LogP contribution is -2.40. The molecule has 0 radical (unpaired) electrons. The Morgan fingerprint density at radius 2 is 1.93 bits per heavy atom. The summed E-state index contributed by atoms with van der Waals surface area (Å²) in [5, 5.41) is 5.48. The number of thiophene rings is 1. The SMILES string of the molecule is CN=C(NCCCC(=O)N1Cc2ccccc2C1)N(C)CCc1cccs1.I. The van der Waals surface area contributed by atoms with E-state index in [1.165, 1.54) is 16.0 Å². The van der Waals surface area contributed by atoms with Gasteiger partial charge in [-0.2, -0.15) is 0 Å². The summed E-state index contributed by atoms with van der Waals surface area (Å²) in [7, 11) is 3.85. The third kappa shape index (κ3) is 6.20. The van der Waals surface area contributed by atoms with E-state index in [1.54, 1.807) is 18.4 Å². The first-order valence-corrected chi connectivity index (χ1v) is 10.3. The van der Waals surface area contributed by atoms with Crippen LogP contribution in [0.3, 0.4) is 0 Å². The van der Waals surface area contributed by atoms with E-state index >= 15 is 0 Å². The van der Waals surface area contributed by atoms with Gasteiger partial charge < -0.3 is 15.1 Å². The Kier molecular flexibility index (Phi) is 9.24. The smallest absolute Gasteiger partial charge is 0.223 e. The van der Waals surface area contributed by atoms with Crippen LogP contribution in [0.15, 0.2) is 46.8 Å². The second kappa shape index (κ2) is 11.4. The van der Waals surface area contributed by atoms with Crippen LogP contribution in [0.25, 0.3) is 0 Å². The molecule has 1 aromatic carbocycles. The van der Waals surface area contributed by atoms with Crippen LogP contribution in [0.5, 0.6) is 0 Å². The molecule has 0 bridgehead atoms. The van der Waals surface area contributed by atoms with Crippen molar-refractivity contribution in [2.24, 2.45) is 4.99 Å². The molecule has 3 rings (SSSR count). The minimum atomic E-state index is 0. The summed E-state index contributed by atoms with van der Waals surface area (Å²) in [5.74, 6) is 1.11. The monoisotopic (exact) mass is 512 g/mol. The fourth-order valence-corrected chi connectivity index (χ4v) is 4.03. The van der Waals surface area contributed by atoms with Gasteiger partial charge in [0.05, 0.1) is 0 Å². The lowest BCUT2D eigenvalue weighted by atomic mass is 10.1. The molecule has 0 unspecified atom stereocenters. The predicted octanol–water partition coefficient (Wildman–Crippen LogP) is 3.74. The molecular weight excluding hydrogens is 483 g/mol. The molecule has 5 nitrogen and oxygen atoms in total. The van der Waals surface area contributed by atoms with Crippen molar-refractivity contribution >= 4 is 47.2 Å². The van der Waals surface area contributed by atoms with Gasteiger partial charge in [0.2, 0.25) is 5.91 Å². The van der Waals surface area contributed by atoms with Crippen molar-refractivity contribution in [1.29, 1.82) is 0 Å². The van der Waals surface area contributed by atoms with Crippen molar-refractivity contribution in [1.82, 2.24) is 15.1 Å². The van der Waals surface area contributed by atoms with E-state index in [1.807, 2.05) is 17.0 Å². The van der Waals surface area contributed by atoms with E-state index in [0.717, 1.165) is 45.0 Å². The van der Waals surface area contributed by atoms with E-state index in [4.69, 9.17) is 0 Å². The van der Waals surface area contributed by atoms with Gasteiger partial charge in [-0.1, -0.05) is 30.3 Å². The summed E-state index contributed by atoms with van der Waals surface area (Å²) in [4.78, 5) is 22.3. The summed E-state index contributed by atoms with van der Waals surface area (Å²) in [6.45, 7) is 3.17. The maximum absolute atomic E-state index is 12.5. The molecule has 0 atom stereocenters. The van der Waals surface area contributed by atoms with Gasteiger partial charge >= 0.3 is 0 Å². The molecular formula is C21H29IN4OS. The van der Waals surface area contributed by atoms with Gasteiger partial charge in [0.25, 0.3) is 0 Å². The summed E-state index contributed by atoms with van der Waals surface area (Å²) >= 11 is 1.79. The molecule has 1 aliphatic heterocycles. The van der Waals surface area contributed by atoms with Crippen LogP contribution >= 0.6 is 35.3 Å². The highest BCUT2D eigenvalue weighted by Crippen LogP contribution is 2.22. The zero-order valence-electron chi connectivity index (χ0n) is 16.6. The molecule has 1 aliphatic rings. The highest BCUT2D eigenvalue weighted by molar-refractivity contribution is 14.0. The van der Waals surface area contributed by atoms with Gasteiger partial charge in [-0.3, -0.25) is 9.79 Å². The Morgan fingerprint density at radius 3 is 2.54 bits per heavy atom. The number of fused-ring (bicyclic) bond motifs is 1. The third-order valence-corrected chi connectivity index (χ3v) is 5.83. The molecule has 0 saturated heterocycles. The Hall–Kier alpha value is -1.61. The number of aliphatic imine (C=N–C) groups is 1. The molecule has 0 aliphatic carbocycles. The lowest BCUT2D eigenvalue weighted by molar-refractivity contribution is -0.131. The molecule has 0 fully saturated rings. The van der Waals surface area contributed by atoms with E-state index in [0.29, 0.717) is 6.42 Å². The molecule has 1 N–H and O–H groups in total. The van der Waals surface area contributed by atoms with Crippen LogP contribution in [0.2, 0.25) is 0 Å². The minimum Gasteiger partial charge on any atom is -0.356 e. The number of hydrogen-bond donors (Lipinski definition) is 1. The highest BCUT2D eigenvalue weighted by atomic mass is 127. The van der Waals surface area contributed by atoms with Crippen molar-refractivity contribution in [2.75, 3.05) is 27.2 Å². The summed E-state index contributed by atoms with van der Waals surface area (Å²) in [6, 6.07) is 12.6. The largest absolute Gasteiger partial charge is 0.356 e. The van der Waals surface area contributed by atoms with Crippen LogP contribution in [-0.4, -0.2) is 48.9 Å². The van der Waals surface area contributed by atoms with Crippen LogP contribution in [0, 0.1) is 0 Å². The fourth-order valence-electron chi connectivity index (χ4n) is 3.33. The quantitative estimate of drug-likeness (QED) is 0.266. The van der Waals surface area contributed by atoms with Crippen LogP contribution in [-0.2, 0) is 24.3 Å². The van der Waals surface area contributed by atoms with E-state index in [-0.39, 0.29) is 29.9 Å². The Balaban J connectivity index is 0.00000280. The molecule has 1 aromatic heterocycles. The highest BCUT2D eigenvalue weighted by Gasteiger charge is 2.22. The number of guanidine groups is 1. The van der Waals surface area contributed by atoms with Crippen molar-refractivity contribution in [3.8, 4) is 0 Å². The topological polar surface area (TPSA) is 47.9 Å². The summed E-state index contributed by atoms with van der Waals surface area (Å²) < 4.78 is 0. The first kappa shape index (κ1) is 22.7. The van der Waals surface area contributed by atoms with Crippen LogP contribution < -0.4 is 5.32 Å². The van der Waals surface area contributed by atoms with Gasteiger partial charge in [0, 0.05) is 51.6 Å². The van der Waals surface area contributed by atoms with Crippen LogP contribution in [0.4, 0.5) is 0 Å². The van der Waals surface area contributed by atoms with Crippen LogP contribution in [0.1, 0.15) is 28.8 Å². The molecule has 7 heteroatoms. The fraction of sp³-hybridized carbons (Fsp3) is 0.429. The molecule has 2 aromatic rings. The normalized spacial score (nSPS) is 13.1. The van der Waals surface area contributed by atoms with Gasteiger partial charge in [0.1, 0.15) is 0 Å². The van der Waals surface area contributed by atoms with E-state index in [9.17, 15) is 4.79 Å². The van der Waals surface area contributed by atoms with Gasteiger partial charge in [-0.15, -0.1) is 35.3 Å². The predicted molar refractivity (Wildman–Crippen MR) is 127 cm³/mol. The van der Waals surface area contributed by atoms with Crippen molar-refractivity contribution in [3.05, 3.63) is 57.8 Å². The molecule has 0 spiro atoms. The Labute approximate surface area is 188 Å². The Bertz CT molecular complexity index is 753. The number of rotatable bonds is 7. The number of benzene rings is 1. The second-order valence-electron chi connectivity index (χ2n) is 6.85. The first-order chi connectivity index (χ1) is 13.2. The summed E-state index contributed by atoms with van der Waals surface area (Å²) in [5.41, 5.74) is 2.55. The van der Waals surface area contributed by atoms with E-state index in [2.05, 4.69) is 51.9 Å². The van der Waals surface area contributed by atoms with Gasteiger partial charge in [-0.05, 0) is 35.4 Å². The van der Waals surface area contributed by atoms with Crippen molar-refractivity contribution in [2.45, 2.75) is 32.4 Å². The molecule has 152 valence electrons. The third-order valence-electron chi connectivity index (χ3n) is 4.89. The molecule has 0 saturated carbocycles. The Morgan fingerprint density at radius 1 is 1.21 bits per heavy atom. The average molecular weight is 512 g/mol. The number of halogens is 1. The zero-order valence-corrected chi connectivity index (χ0v) is 19.7. The molecule has 2 heterocycles. The van der Waals surface area contributed by atoms with Gasteiger partial charge in [-0.25, -0.2) is 0 Å². The van der Waals surface area contributed by atoms with Gasteiger partial charge in [0.15, 0.2) is 5.96 Å². The number of nitrogens with one attached hydrogen (secondary N) is 1. The van der Waals surface area contributed by atoms with E-state index < -0.39 is 0 Å².